The van der Waals surface area contributed by atoms with Crippen molar-refractivity contribution in [3.63, 3.8) is 0 Å². The molecule has 1 atom stereocenters. The van der Waals surface area contributed by atoms with Crippen LogP contribution in [0.2, 0.25) is 0 Å². The van der Waals surface area contributed by atoms with Crippen LogP contribution < -0.4 is 10.2 Å². The molecular weight excluding hydrogens is 241 g/mol. The van der Waals surface area contributed by atoms with Crippen LogP contribution in [0.4, 0.5) is 18.9 Å². The van der Waals surface area contributed by atoms with Crippen LogP contribution in [0.5, 0.6) is 0 Å². The van der Waals surface area contributed by atoms with Crippen molar-refractivity contribution in [1.29, 1.82) is 0 Å². The minimum Gasteiger partial charge on any atom is -0.363 e. The SMILES string of the molecule is CCN(CC(F)(F)F)c1ccccc1C(C)NC. The lowest BCUT2D eigenvalue weighted by Crippen LogP contribution is -2.35. The number of para-hydroxylation sites is 1. The Morgan fingerprint density at radius 3 is 2.39 bits per heavy atom. The van der Waals surface area contributed by atoms with E-state index in [9.17, 15) is 13.2 Å². The normalized spacial score (nSPS) is 13.4. The van der Waals surface area contributed by atoms with Crippen LogP contribution in [0.1, 0.15) is 25.5 Å². The van der Waals surface area contributed by atoms with Crippen molar-refractivity contribution >= 4 is 5.69 Å². The van der Waals surface area contributed by atoms with Crippen LogP contribution in [0, 0.1) is 0 Å². The van der Waals surface area contributed by atoms with E-state index < -0.39 is 12.7 Å². The summed E-state index contributed by atoms with van der Waals surface area (Å²) in [7, 11) is 1.79. The molecule has 0 saturated carbocycles. The Morgan fingerprint density at radius 1 is 1.28 bits per heavy atom. The predicted octanol–water partition coefficient (Wildman–Crippen LogP) is 3.36. The Bertz CT molecular complexity index is 377. The highest BCUT2D eigenvalue weighted by molar-refractivity contribution is 5.55. The van der Waals surface area contributed by atoms with Gasteiger partial charge in [0.15, 0.2) is 0 Å². The zero-order valence-corrected chi connectivity index (χ0v) is 10.9. The standard InChI is InChI=1S/C13H19F3N2/c1-4-18(9-13(14,15)16)12-8-6-5-7-11(12)10(2)17-3/h5-8,10,17H,4,9H2,1-3H3. The molecule has 102 valence electrons. The summed E-state index contributed by atoms with van der Waals surface area (Å²) >= 11 is 0. The molecule has 0 aromatic heterocycles. The molecule has 0 fully saturated rings. The van der Waals surface area contributed by atoms with Crippen LogP contribution in [-0.4, -0.2) is 26.3 Å². The van der Waals surface area contributed by atoms with Gasteiger partial charge in [-0.25, -0.2) is 0 Å². The van der Waals surface area contributed by atoms with E-state index in [0.717, 1.165) is 5.56 Å². The van der Waals surface area contributed by atoms with Crippen LogP contribution in [-0.2, 0) is 0 Å². The van der Waals surface area contributed by atoms with Gasteiger partial charge >= 0.3 is 6.18 Å². The number of halogens is 3. The molecule has 1 unspecified atom stereocenters. The Balaban J connectivity index is 3.05. The fourth-order valence-electron chi connectivity index (χ4n) is 1.88. The average Bonchev–Trinajstić information content (AvgIpc) is 2.34. The summed E-state index contributed by atoms with van der Waals surface area (Å²) in [6.07, 6.45) is -4.19. The second-order valence-electron chi connectivity index (χ2n) is 4.20. The number of hydrogen-bond acceptors (Lipinski definition) is 2. The van der Waals surface area contributed by atoms with E-state index in [4.69, 9.17) is 0 Å². The van der Waals surface area contributed by atoms with Crippen molar-refractivity contribution in [2.24, 2.45) is 0 Å². The first kappa shape index (κ1) is 14.8. The van der Waals surface area contributed by atoms with E-state index in [0.29, 0.717) is 12.2 Å². The Morgan fingerprint density at radius 2 is 1.89 bits per heavy atom. The van der Waals surface area contributed by atoms with E-state index >= 15 is 0 Å². The maximum atomic E-state index is 12.5. The minimum atomic E-state index is -4.19. The maximum absolute atomic E-state index is 12.5. The van der Waals surface area contributed by atoms with Crippen LogP contribution in [0.15, 0.2) is 24.3 Å². The highest BCUT2D eigenvalue weighted by atomic mass is 19.4. The molecule has 1 aromatic rings. The van der Waals surface area contributed by atoms with Gasteiger partial charge in [-0.3, -0.25) is 0 Å². The van der Waals surface area contributed by atoms with Gasteiger partial charge < -0.3 is 10.2 Å². The first-order chi connectivity index (χ1) is 8.39. The number of rotatable bonds is 5. The van der Waals surface area contributed by atoms with Gasteiger partial charge in [-0.15, -0.1) is 0 Å². The summed E-state index contributed by atoms with van der Waals surface area (Å²) in [4.78, 5) is 1.35. The summed E-state index contributed by atoms with van der Waals surface area (Å²) < 4.78 is 37.6. The maximum Gasteiger partial charge on any atom is 0.405 e. The average molecular weight is 260 g/mol. The van der Waals surface area contributed by atoms with Gasteiger partial charge in [-0.1, -0.05) is 18.2 Å². The summed E-state index contributed by atoms with van der Waals surface area (Å²) in [5.74, 6) is 0. The Hall–Kier alpha value is -1.23. The van der Waals surface area contributed by atoms with E-state index in [-0.39, 0.29) is 6.04 Å². The molecule has 1 N–H and O–H groups in total. The van der Waals surface area contributed by atoms with E-state index in [1.807, 2.05) is 19.1 Å². The summed E-state index contributed by atoms with van der Waals surface area (Å²) in [5, 5.41) is 3.06. The van der Waals surface area contributed by atoms with Crippen molar-refractivity contribution in [1.82, 2.24) is 5.32 Å². The molecule has 1 aromatic carbocycles. The van der Waals surface area contributed by atoms with Crippen molar-refractivity contribution < 1.29 is 13.2 Å². The second kappa shape index (κ2) is 6.09. The first-order valence-corrected chi connectivity index (χ1v) is 5.97. The largest absolute Gasteiger partial charge is 0.405 e. The fraction of sp³-hybridized carbons (Fsp3) is 0.538. The monoisotopic (exact) mass is 260 g/mol. The van der Waals surface area contributed by atoms with Crippen molar-refractivity contribution in [3.8, 4) is 0 Å². The van der Waals surface area contributed by atoms with Gasteiger partial charge in [0, 0.05) is 18.3 Å². The zero-order valence-electron chi connectivity index (χ0n) is 10.9. The third kappa shape index (κ3) is 3.91. The molecule has 0 bridgehead atoms. The molecule has 0 aliphatic heterocycles. The third-order valence-electron chi connectivity index (χ3n) is 2.93. The molecule has 0 saturated heterocycles. The molecule has 1 rings (SSSR count). The van der Waals surface area contributed by atoms with Gasteiger partial charge in [0.1, 0.15) is 6.54 Å². The minimum absolute atomic E-state index is 0.0171. The van der Waals surface area contributed by atoms with Gasteiger partial charge in [-0.2, -0.15) is 13.2 Å². The number of benzene rings is 1. The van der Waals surface area contributed by atoms with Gasteiger partial charge in [-0.05, 0) is 32.5 Å². The molecule has 0 amide bonds. The predicted molar refractivity (Wildman–Crippen MR) is 67.9 cm³/mol. The molecule has 5 heteroatoms. The van der Waals surface area contributed by atoms with Crippen LogP contribution in [0.3, 0.4) is 0 Å². The lowest BCUT2D eigenvalue weighted by Gasteiger charge is -2.28. The fourth-order valence-corrected chi connectivity index (χ4v) is 1.88. The lowest BCUT2D eigenvalue weighted by molar-refractivity contribution is -0.119. The lowest BCUT2D eigenvalue weighted by atomic mass is 10.1. The number of nitrogens with one attached hydrogen (secondary N) is 1. The van der Waals surface area contributed by atoms with E-state index in [1.54, 1.807) is 26.1 Å². The van der Waals surface area contributed by atoms with Crippen LogP contribution >= 0.6 is 0 Å². The van der Waals surface area contributed by atoms with Crippen molar-refractivity contribution in [3.05, 3.63) is 29.8 Å². The van der Waals surface area contributed by atoms with Crippen molar-refractivity contribution in [2.45, 2.75) is 26.1 Å². The van der Waals surface area contributed by atoms with E-state index in [1.165, 1.54) is 4.90 Å². The summed E-state index contributed by atoms with van der Waals surface area (Å²) in [6.45, 7) is 3.07. The number of nitrogens with zero attached hydrogens (tertiary/aromatic N) is 1. The molecular formula is C13H19F3N2. The zero-order chi connectivity index (χ0) is 13.8. The quantitative estimate of drug-likeness (QED) is 0.873. The summed E-state index contributed by atoms with van der Waals surface area (Å²) in [5.41, 5.74) is 1.52. The molecule has 0 spiro atoms. The first-order valence-electron chi connectivity index (χ1n) is 5.97. The number of alkyl halides is 3. The van der Waals surface area contributed by atoms with Gasteiger partial charge in [0.2, 0.25) is 0 Å². The molecule has 0 radical (unpaired) electrons. The Labute approximate surface area is 106 Å². The smallest absolute Gasteiger partial charge is 0.363 e. The molecule has 0 heterocycles. The number of hydrogen-bond donors (Lipinski definition) is 1. The highest BCUT2D eigenvalue weighted by Crippen LogP contribution is 2.28. The molecule has 0 aliphatic carbocycles. The topological polar surface area (TPSA) is 15.3 Å². The van der Waals surface area contributed by atoms with Crippen molar-refractivity contribution in [2.75, 3.05) is 25.0 Å². The second-order valence-corrected chi connectivity index (χ2v) is 4.20. The van der Waals surface area contributed by atoms with E-state index in [2.05, 4.69) is 5.32 Å². The van der Waals surface area contributed by atoms with Crippen LogP contribution in [0.25, 0.3) is 0 Å². The van der Waals surface area contributed by atoms with Gasteiger partial charge in [0.05, 0.1) is 0 Å². The molecule has 2 nitrogen and oxygen atoms in total. The molecule has 0 aliphatic rings. The third-order valence-corrected chi connectivity index (χ3v) is 2.93. The molecule has 18 heavy (non-hydrogen) atoms. The highest BCUT2D eigenvalue weighted by Gasteiger charge is 2.31. The number of anilines is 1. The summed E-state index contributed by atoms with van der Waals surface area (Å²) in [6, 6.07) is 7.21. The Kier molecular flexibility index (Phi) is 5.02. The van der Waals surface area contributed by atoms with Gasteiger partial charge in [0.25, 0.3) is 0 Å².